The SMILES string of the molecule is CCN(CC(=O)O)C(=O)c1cncc(-c2ccc3c(c2)CCO3)c1. The van der Waals surface area contributed by atoms with Crippen LogP contribution < -0.4 is 4.74 Å². The summed E-state index contributed by atoms with van der Waals surface area (Å²) in [4.78, 5) is 28.8. The summed E-state index contributed by atoms with van der Waals surface area (Å²) in [6.07, 6.45) is 4.03. The largest absolute Gasteiger partial charge is 0.493 e. The molecule has 0 unspecified atom stereocenters. The van der Waals surface area contributed by atoms with Gasteiger partial charge in [-0.05, 0) is 36.2 Å². The van der Waals surface area contributed by atoms with E-state index in [2.05, 4.69) is 4.98 Å². The molecule has 2 aromatic rings. The number of pyridine rings is 1. The fourth-order valence-electron chi connectivity index (χ4n) is 2.75. The summed E-state index contributed by atoms with van der Waals surface area (Å²) in [5.41, 5.74) is 3.31. The number of carbonyl (C=O) groups is 2. The number of aliphatic carboxylic acids is 1. The Hall–Kier alpha value is -2.89. The Labute approximate surface area is 139 Å². The van der Waals surface area contributed by atoms with Gasteiger partial charge in [0.05, 0.1) is 12.2 Å². The molecule has 1 aliphatic heterocycles. The standard InChI is InChI=1S/C18H18N2O4/c1-2-20(11-17(21)22)18(23)15-8-14(9-19-10-15)12-3-4-16-13(7-12)5-6-24-16/h3-4,7-10H,2,5-6,11H2,1H3,(H,21,22). The summed E-state index contributed by atoms with van der Waals surface area (Å²) in [6, 6.07) is 7.65. The summed E-state index contributed by atoms with van der Waals surface area (Å²) in [5.74, 6) is -0.468. The van der Waals surface area contributed by atoms with Crippen LogP contribution in [0.4, 0.5) is 0 Å². The van der Waals surface area contributed by atoms with E-state index in [1.54, 1.807) is 19.2 Å². The Morgan fingerprint density at radius 2 is 2.08 bits per heavy atom. The number of nitrogens with zero attached hydrogens (tertiary/aromatic N) is 2. The molecule has 1 aromatic carbocycles. The van der Waals surface area contributed by atoms with Gasteiger partial charge in [-0.25, -0.2) is 0 Å². The van der Waals surface area contributed by atoms with Crippen molar-refractivity contribution >= 4 is 11.9 Å². The summed E-state index contributed by atoms with van der Waals surface area (Å²) in [6.45, 7) is 2.44. The lowest BCUT2D eigenvalue weighted by atomic mass is 10.0. The van der Waals surface area contributed by atoms with E-state index in [4.69, 9.17) is 9.84 Å². The van der Waals surface area contributed by atoms with Gasteiger partial charge in [-0.2, -0.15) is 0 Å². The highest BCUT2D eigenvalue weighted by atomic mass is 16.5. The summed E-state index contributed by atoms with van der Waals surface area (Å²) in [5, 5.41) is 8.91. The molecule has 1 aromatic heterocycles. The minimum atomic E-state index is -1.03. The minimum absolute atomic E-state index is 0.324. The first-order valence-electron chi connectivity index (χ1n) is 7.80. The molecule has 0 radical (unpaired) electrons. The molecular formula is C18H18N2O4. The van der Waals surface area contributed by atoms with E-state index in [0.717, 1.165) is 28.9 Å². The molecule has 124 valence electrons. The van der Waals surface area contributed by atoms with Crippen molar-refractivity contribution in [2.24, 2.45) is 0 Å². The highest BCUT2D eigenvalue weighted by Crippen LogP contribution is 2.30. The molecule has 24 heavy (non-hydrogen) atoms. The van der Waals surface area contributed by atoms with Crippen molar-refractivity contribution in [3.05, 3.63) is 47.8 Å². The predicted octanol–water partition coefficient (Wildman–Crippen LogP) is 2.23. The molecule has 0 spiro atoms. The second kappa shape index (κ2) is 6.70. The number of benzene rings is 1. The number of carboxylic acids is 1. The average molecular weight is 326 g/mol. The number of amides is 1. The molecule has 1 amide bonds. The summed E-state index contributed by atoms with van der Waals surface area (Å²) < 4.78 is 5.50. The number of rotatable bonds is 5. The van der Waals surface area contributed by atoms with Crippen molar-refractivity contribution in [1.29, 1.82) is 0 Å². The number of carboxylic acid groups (broad SMARTS) is 1. The van der Waals surface area contributed by atoms with Gasteiger partial charge in [-0.3, -0.25) is 14.6 Å². The van der Waals surface area contributed by atoms with Crippen molar-refractivity contribution in [1.82, 2.24) is 9.88 Å². The van der Waals surface area contributed by atoms with Gasteiger partial charge in [0.1, 0.15) is 12.3 Å². The van der Waals surface area contributed by atoms with E-state index in [1.807, 2.05) is 18.2 Å². The third-order valence-electron chi connectivity index (χ3n) is 4.00. The molecule has 6 nitrogen and oxygen atoms in total. The van der Waals surface area contributed by atoms with Crippen molar-refractivity contribution in [3.8, 4) is 16.9 Å². The van der Waals surface area contributed by atoms with E-state index in [1.165, 1.54) is 11.1 Å². The maximum Gasteiger partial charge on any atom is 0.323 e. The number of hydrogen-bond donors (Lipinski definition) is 1. The van der Waals surface area contributed by atoms with Crippen molar-refractivity contribution in [2.45, 2.75) is 13.3 Å². The van der Waals surface area contributed by atoms with Crippen molar-refractivity contribution in [2.75, 3.05) is 19.7 Å². The average Bonchev–Trinajstić information content (AvgIpc) is 3.06. The fourth-order valence-corrected chi connectivity index (χ4v) is 2.75. The number of hydrogen-bond acceptors (Lipinski definition) is 4. The first-order valence-corrected chi connectivity index (χ1v) is 7.80. The van der Waals surface area contributed by atoms with E-state index in [0.29, 0.717) is 18.7 Å². The molecule has 3 rings (SSSR count). The number of carbonyl (C=O) groups excluding carboxylic acids is 1. The van der Waals surface area contributed by atoms with E-state index in [9.17, 15) is 9.59 Å². The van der Waals surface area contributed by atoms with Crippen LogP contribution >= 0.6 is 0 Å². The first kappa shape index (κ1) is 16.0. The van der Waals surface area contributed by atoms with Gasteiger partial charge in [0.2, 0.25) is 0 Å². The van der Waals surface area contributed by atoms with Crippen LogP contribution in [0.5, 0.6) is 5.75 Å². The van der Waals surface area contributed by atoms with Crippen LogP contribution in [0.2, 0.25) is 0 Å². The van der Waals surface area contributed by atoms with Gasteiger partial charge in [-0.15, -0.1) is 0 Å². The number of fused-ring (bicyclic) bond motifs is 1. The van der Waals surface area contributed by atoms with Gasteiger partial charge < -0.3 is 14.7 Å². The second-order valence-electron chi connectivity index (χ2n) is 5.60. The maximum absolute atomic E-state index is 12.5. The first-order chi connectivity index (χ1) is 11.6. The number of likely N-dealkylation sites (N-methyl/N-ethyl adjacent to an activating group) is 1. The van der Waals surface area contributed by atoms with Crippen LogP contribution in [-0.2, 0) is 11.2 Å². The highest BCUT2D eigenvalue weighted by molar-refractivity contribution is 5.96. The van der Waals surface area contributed by atoms with E-state index < -0.39 is 5.97 Å². The van der Waals surface area contributed by atoms with E-state index in [-0.39, 0.29) is 12.5 Å². The summed E-state index contributed by atoms with van der Waals surface area (Å²) >= 11 is 0. The Morgan fingerprint density at radius 1 is 1.25 bits per heavy atom. The molecule has 0 saturated heterocycles. The van der Waals surface area contributed by atoms with Crippen LogP contribution in [0, 0.1) is 0 Å². The van der Waals surface area contributed by atoms with Crippen LogP contribution in [-0.4, -0.2) is 46.6 Å². The molecule has 0 bridgehead atoms. The lowest BCUT2D eigenvalue weighted by Crippen LogP contribution is -2.35. The monoisotopic (exact) mass is 326 g/mol. The van der Waals surface area contributed by atoms with Gasteiger partial charge >= 0.3 is 5.97 Å². The lowest BCUT2D eigenvalue weighted by Gasteiger charge is -2.18. The molecule has 0 fully saturated rings. The Morgan fingerprint density at radius 3 is 2.83 bits per heavy atom. The molecule has 0 saturated carbocycles. The minimum Gasteiger partial charge on any atom is -0.493 e. The number of ether oxygens (including phenoxy) is 1. The third-order valence-corrected chi connectivity index (χ3v) is 4.00. The third kappa shape index (κ3) is 3.22. The van der Waals surface area contributed by atoms with Crippen LogP contribution in [0.15, 0.2) is 36.7 Å². The van der Waals surface area contributed by atoms with Crippen LogP contribution in [0.3, 0.4) is 0 Å². The highest BCUT2D eigenvalue weighted by Gasteiger charge is 2.18. The predicted molar refractivity (Wildman–Crippen MR) is 88.1 cm³/mol. The zero-order chi connectivity index (χ0) is 17.1. The second-order valence-corrected chi connectivity index (χ2v) is 5.60. The molecular weight excluding hydrogens is 308 g/mol. The smallest absolute Gasteiger partial charge is 0.323 e. The molecule has 0 atom stereocenters. The zero-order valence-corrected chi connectivity index (χ0v) is 13.4. The normalized spacial score (nSPS) is 12.4. The Kier molecular flexibility index (Phi) is 4.46. The number of aromatic nitrogens is 1. The molecule has 1 aliphatic rings. The van der Waals surface area contributed by atoms with Gasteiger partial charge in [0.15, 0.2) is 0 Å². The zero-order valence-electron chi connectivity index (χ0n) is 13.4. The lowest BCUT2D eigenvalue weighted by molar-refractivity contribution is -0.137. The van der Waals surface area contributed by atoms with Crippen molar-refractivity contribution in [3.63, 3.8) is 0 Å². The summed E-state index contributed by atoms with van der Waals surface area (Å²) in [7, 11) is 0. The molecule has 1 N–H and O–H groups in total. The molecule has 0 aliphatic carbocycles. The molecule has 6 heteroatoms. The van der Waals surface area contributed by atoms with Crippen molar-refractivity contribution < 1.29 is 19.4 Å². The topological polar surface area (TPSA) is 79.7 Å². The fraction of sp³-hybridized carbons (Fsp3) is 0.278. The van der Waals surface area contributed by atoms with Crippen LogP contribution in [0.1, 0.15) is 22.8 Å². The van der Waals surface area contributed by atoms with Gasteiger partial charge in [0, 0.05) is 30.9 Å². The quantitative estimate of drug-likeness (QED) is 0.911. The van der Waals surface area contributed by atoms with E-state index >= 15 is 0 Å². The Bertz CT molecular complexity index is 788. The van der Waals surface area contributed by atoms with Gasteiger partial charge in [-0.1, -0.05) is 6.07 Å². The van der Waals surface area contributed by atoms with Crippen LogP contribution in [0.25, 0.3) is 11.1 Å². The molecule has 2 heterocycles. The maximum atomic E-state index is 12.5. The Balaban J connectivity index is 1.89. The van der Waals surface area contributed by atoms with Gasteiger partial charge in [0.25, 0.3) is 5.91 Å².